The molecule has 1 aliphatic rings. The van der Waals surface area contributed by atoms with Gasteiger partial charge in [0, 0.05) is 6.07 Å². The average molecular weight is 436 g/mol. The number of aryl methyl sites for hydroxylation is 1. The van der Waals surface area contributed by atoms with E-state index in [-0.39, 0.29) is 17.2 Å². The highest BCUT2D eigenvalue weighted by atomic mass is 16.5. The minimum atomic E-state index is -0.904. The predicted octanol–water partition coefficient (Wildman–Crippen LogP) is 4.93. The topological polar surface area (TPSA) is 106 Å². The van der Waals surface area contributed by atoms with Gasteiger partial charge in [-0.3, -0.25) is 14.5 Å². The Morgan fingerprint density at radius 1 is 1.22 bits per heavy atom. The zero-order valence-corrected chi connectivity index (χ0v) is 17.9. The average Bonchev–Trinajstić information content (AvgIpc) is 3.53. The number of anilines is 1. The number of aliphatic hydroxyl groups excluding tert-OH is 1. The summed E-state index contributed by atoms with van der Waals surface area (Å²) in [4.78, 5) is 27.4. The highest BCUT2D eigenvalue weighted by Crippen LogP contribution is 2.42. The molecule has 0 aliphatic carbocycles. The van der Waals surface area contributed by atoms with E-state index in [1.54, 1.807) is 43.3 Å². The molecule has 1 aliphatic heterocycles. The van der Waals surface area contributed by atoms with Crippen LogP contribution < -0.4 is 9.64 Å². The van der Waals surface area contributed by atoms with Crippen LogP contribution in [0, 0.1) is 6.92 Å². The summed E-state index contributed by atoms with van der Waals surface area (Å²) >= 11 is 0. The molecule has 0 fully saturated rings. The molecule has 0 saturated heterocycles. The monoisotopic (exact) mass is 436 g/mol. The van der Waals surface area contributed by atoms with Gasteiger partial charge in [-0.2, -0.15) is 0 Å². The Kier molecular flexibility index (Phi) is 6.11. The molecular weight excluding hydrogens is 412 g/mol. The summed E-state index contributed by atoms with van der Waals surface area (Å²) < 4.78 is 16.1. The summed E-state index contributed by atoms with van der Waals surface area (Å²) in [6, 6.07) is 10.8. The van der Waals surface area contributed by atoms with Gasteiger partial charge in [0.25, 0.3) is 5.91 Å². The van der Waals surface area contributed by atoms with E-state index < -0.39 is 23.5 Å². The van der Waals surface area contributed by atoms with Crippen molar-refractivity contribution in [2.45, 2.75) is 39.2 Å². The Bertz CT molecular complexity index is 1130. The molecule has 3 heterocycles. The number of nitrogens with zero attached hydrogens (tertiary/aromatic N) is 2. The van der Waals surface area contributed by atoms with E-state index in [9.17, 15) is 14.7 Å². The van der Waals surface area contributed by atoms with E-state index in [4.69, 9.17) is 13.7 Å². The number of hydrogen-bond donors (Lipinski definition) is 1. The standard InChI is InChI=1S/C24H24N2O6/c1-3-4-5-12-30-17-10-8-16(9-11-17)21-20(22(27)18-7-6-13-31-18)23(28)24(29)26(21)19-14-15(2)32-25-19/h6-11,13-14,21,28H,3-5,12H2,1-2H3/t21-/m0/s1. The maximum absolute atomic E-state index is 13.1. The summed E-state index contributed by atoms with van der Waals surface area (Å²) in [5.74, 6) is -0.550. The van der Waals surface area contributed by atoms with Crippen molar-refractivity contribution >= 4 is 17.5 Å². The number of hydrogen-bond acceptors (Lipinski definition) is 7. The molecular formula is C24H24N2O6. The van der Waals surface area contributed by atoms with Crippen LogP contribution >= 0.6 is 0 Å². The first kappa shape index (κ1) is 21.4. The number of rotatable bonds is 9. The van der Waals surface area contributed by atoms with E-state index in [0.29, 0.717) is 23.7 Å². The number of ether oxygens (including phenoxy) is 1. The first-order valence-corrected chi connectivity index (χ1v) is 10.5. The molecule has 4 rings (SSSR count). The normalized spacial score (nSPS) is 16.1. The van der Waals surface area contributed by atoms with Crippen molar-refractivity contribution in [2.75, 3.05) is 11.5 Å². The number of ketones is 1. The molecule has 1 amide bonds. The van der Waals surface area contributed by atoms with Crippen molar-refractivity contribution in [1.82, 2.24) is 5.16 Å². The highest BCUT2D eigenvalue weighted by Gasteiger charge is 2.46. The van der Waals surface area contributed by atoms with Crippen LogP contribution in [0.3, 0.4) is 0 Å². The van der Waals surface area contributed by atoms with Gasteiger partial charge in [-0.25, -0.2) is 0 Å². The summed E-state index contributed by atoms with van der Waals surface area (Å²) in [6.07, 6.45) is 4.53. The van der Waals surface area contributed by atoms with Crippen LogP contribution in [0.2, 0.25) is 0 Å². The molecule has 0 bridgehead atoms. The second-order valence-corrected chi connectivity index (χ2v) is 7.57. The fraction of sp³-hybridized carbons (Fsp3) is 0.292. The molecule has 0 radical (unpaired) electrons. The number of aromatic nitrogens is 1. The minimum absolute atomic E-state index is 0.0263. The van der Waals surface area contributed by atoms with Crippen molar-refractivity contribution in [3.8, 4) is 5.75 Å². The van der Waals surface area contributed by atoms with E-state index in [0.717, 1.165) is 19.3 Å². The second kappa shape index (κ2) is 9.13. The zero-order chi connectivity index (χ0) is 22.7. The molecule has 32 heavy (non-hydrogen) atoms. The first-order valence-electron chi connectivity index (χ1n) is 10.5. The van der Waals surface area contributed by atoms with Gasteiger partial charge >= 0.3 is 0 Å². The van der Waals surface area contributed by atoms with Gasteiger partial charge in [-0.05, 0) is 43.2 Å². The molecule has 1 aromatic carbocycles. The molecule has 8 heteroatoms. The molecule has 0 saturated carbocycles. The lowest BCUT2D eigenvalue weighted by atomic mass is 9.95. The Morgan fingerprint density at radius 3 is 2.62 bits per heavy atom. The van der Waals surface area contributed by atoms with Gasteiger partial charge in [-0.1, -0.05) is 37.1 Å². The summed E-state index contributed by atoms with van der Waals surface area (Å²) in [5.41, 5.74) is 0.529. The van der Waals surface area contributed by atoms with Crippen molar-refractivity contribution in [1.29, 1.82) is 0 Å². The number of furan rings is 1. The van der Waals surface area contributed by atoms with Crippen LogP contribution in [0.1, 0.15) is 54.1 Å². The number of amides is 1. The molecule has 1 N–H and O–H groups in total. The van der Waals surface area contributed by atoms with Crippen molar-refractivity contribution in [3.63, 3.8) is 0 Å². The molecule has 3 aromatic rings. The Hall–Kier alpha value is -3.81. The third-order valence-electron chi connectivity index (χ3n) is 5.27. The highest BCUT2D eigenvalue weighted by molar-refractivity contribution is 6.19. The smallest absolute Gasteiger partial charge is 0.295 e. The van der Waals surface area contributed by atoms with E-state index in [1.807, 2.05) is 0 Å². The molecule has 0 unspecified atom stereocenters. The van der Waals surface area contributed by atoms with Crippen LogP contribution in [0.15, 0.2) is 69.0 Å². The van der Waals surface area contributed by atoms with Gasteiger partial charge in [-0.15, -0.1) is 0 Å². The molecule has 1 atom stereocenters. The third-order valence-corrected chi connectivity index (χ3v) is 5.27. The van der Waals surface area contributed by atoms with E-state index in [2.05, 4.69) is 12.1 Å². The maximum Gasteiger partial charge on any atom is 0.295 e. The van der Waals surface area contributed by atoms with Crippen molar-refractivity contribution in [2.24, 2.45) is 0 Å². The van der Waals surface area contributed by atoms with Gasteiger partial charge in [0.15, 0.2) is 17.3 Å². The summed E-state index contributed by atoms with van der Waals surface area (Å²) in [7, 11) is 0. The Balaban J connectivity index is 1.70. The molecule has 8 nitrogen and oxygen atoms in total. The molecule has 2 aromatic heterocycles. The van der Waals surface area contributed by atoms with Gasteiger partial charge < -0.3 is 18.8 Å². The van der Waals surface area contributed by atoms with E-state index >= 15 is 0 Å². The number of benzene rings is 1. The van der Waals surface area contributed by atoms with Gasteiger partial charge in [0.1, 0.15) is 11.5 Å². The second-order valence-electron chi connectivity index (χ2n) is 7.57. The van der Waals surface area contributed by atoms with Crippen LogP contribution in [-0.4, -0.2) is 28.6 Å². The third kappa shape index (κ3) is 4.03. The van der Waals surface area contributed by atoms with Crippen LogP contribution in [0.5, 0.6) is 5.75 Å². The van der Waals surface area contributed by atoms with E-state index in [1.165, 1.54) is 17.2 Å². The number of carbonyl (C=O) groups excluding carboxylic acids is 2. The number of aliphatic hydroxyl groups is 1. The van der Waals surface area contributed by atoms with Crippen LogP contribution in [0.4, 0.5) is 5.82 Å². The Labute approximate surface area is 185 Å². The Morgan fingerprint density at radius 2 is 2.00 bits per heavy atom. The molecule has 0 spiro atoms. The maximum atomic E-state index is 13.1. The number of carbonyl (C=O) groups is 2. The fourth-order valence-electron chi connectivity index (χ4n) is 3.68. The number of unbranched alkanes of at least 4 members (excludes halogenated alkanes) is 2. The fourth-order valence-corrected chi connectivity index (χ4v) is 3.68. The van der Waals surface area contributed by atoms with Crippen molar-refractivity contribution < 1.29 is 28.4 Å². The SMILES string of the molecule is CCCCCOc1ccc([C@H]2C(C(=O)c3ccco3)=C(O)C(=O)N2c2cc(C)on2)cc1. The van der Waals surface area contributed by atoms with Gasteiger partial charge in [0.05, 0.1) is 24.5 Å². The lowest BCUT2D eigenvalue weighted by molar-refractivity contribution is -0.117. The van der Waals surface area contributed by atoms with Crippen LogP contribution in [-0.2, 0) is 4.79 Å². The quantitative estimate of drug-likeness (QED) is 0.374. The minimum Gasteiger partial charge on any atom is -0.503 e. The number of Topliss-reactive ketones (excluding diaryl/α,β-unsaturated/α-hetero) is 1. The first-order chi connectivity index (χ1) is 15.5. The lowest BCUT2D eigenvalue weighted by Gasteiger charge is -2.24. The lowest BCUT2D eigenvalue weighted by Crippen LogP contribution is -2.31. The van der Waals surface area contributed by atoms with Crippen molar-refractivity contribution in [3.05, 3.63) is 77.1 Å². The summed E-state index contributed by atoms with van der Waals surface area (Å²) in [5, 5.41) is 14.6. The van der Waals surface area contributed by atoms with Crippen LogP contribution in [0.25, 0.3) is 0 Å². The van der Waals surface area contributed by atoms with Gasteiger partial charge in [0.2, 0.25) is 5.78 Å². The summed E-state index contributed by atoms with van der Waals surface area (Å²) in [6.45, 7) is 4.44. The molecule has 166 valence electrons. The largest absolute Gasteiger partial charge is 0.503 e. The predicted molar refractivity (Wildman–Crippen MR) is 116 cm³/mol. The zero-order valence-electron chi connectivity index (χ0n) is 17.9.